The Morgan fingerprint density at radius 3 is 2.53 bits per heavy atom. The Bertz CT molecular complexity index is 522. The summed E-state index contributed by atoms with van der Waals surface area (Å²) in [7, 11) is 1.73. The van der Waals surface area contributed by atoms with Crippen LogP contribution in [0, 0.1) is 6.92 Å². The lowest BCUT2D eigenvalue weighted by molar-refractivity contribution is 0.409. The SMILES string of the molecule is COc1ccc(C)cc1CCC(Br)c1ccccc1. The van der Waals surface area contributed by atoms with Crippen molar-refractivity contribution in [3.63, 3.8) is 0 Å². The number of halogens is 1. The molecule has 0 N–H and O–H groups in total. The number of rotatable bonds is 5. The maximum atomic E-state index is 5.42. The van der Waals surface area contributed by atoms with E-state index in [0.29, 0.717) is 4.83 Å². The van der Waals surface area contributed by atoms with Crippen molar-refractivity contribution < 1.29 is 4.74 Å². The van der Waals surface area contributed by atoms with E-state index < -0.39 is 0 Å². The highest BCUT2D eigenvalue weighted by atomic mass is 79.9. The molecule has 0 spiro atoms. The lowest BCUT2D eigenvalue weighted by Crippen LogP contribution is -1.97. The number of hydrogen-bond donors (Lipinski definition) is 0. The predicted octanol–water partition coefficient (Wildman–Crippen LogP) is 5.07. The van der Waals surface area contributed by atoms with Crippen molar-refractivity contribution in [3.05, 3.63) is 65.2 Å². The van der Waals surface area contributed by atoms with Crippen molar-refractivity contribution in [3.8, 4) is 5.75 Å². The first-order valence-corrected chi connectivity index (χ1v) is 7.45. The third-order valence-corrected chi connectivity index (χ3v) is 4.25. The van der Waals surface area contributed by atoms with Crippen molar-refractivity contribution in [2.24, 2.45) is 0 Å². The van der Waals surface area contributed by atoms with Crippen molar-refractivity contribution in [1.82, 2.24) is 0 Å². The largest absolute Gasteiger partial charge is 0.496 e. The van der Waals surface area contributed by atoms with Crippen LogP contribution in [0.4, 0.5) is 0 Å². The Kier molecular flexibility index (Phi) is 5.03. The summed E-state index contributed by atoms with van der Waals surface area (Å²) < 4.78 is 5.42. The Labute approximate surface area is 123 Å². The number of ether oxygens (including phenoxy) is 1. The van der Waals surface area contributed by atoms with E-state index >= 15 is 0 Å². The van der Waals surface area contributed by atoms with Gasteiger partial charge < -0.3 is 4.74 Å². The van der Waals surface area contributed by atoms with Crippen LogP contribution in [0.1, 0.15) is 27.9 Å². The smallest absolute Gasteiger partial charge is 0.122 e. The second kappa shape index (κ2) is 6.76. The molecule has 2 aromatic carbocycles. The highest BCUT2D eigenvalue weighted by molar-refractivity contribution is 9.09. The van der Waals surface area contributed by atoms with Gasteiger partial charge in [0.25, 0.3) is 0 Å². The molecule has 0 heterocycles. The average Bonchev–Trinajstić information content (AvgIpc) is 2.46. The Morgan fingerprint density at radius 2 is 1.84 bits per heavy atom. The van der Waals surface area contributed by atoms with Crippen LogP contribution in [0.15, 0.2) is 48.5 Å². The molecule has 2 heteroatoms. The van der Waals surface area contributed by atoms with Crippen molar-refractivity contribution in [2.45, 2.75) is 24.6 Å². The summed E-state index contributed by atoms with van der Waals surface area (Å²) in [5, 5.41) is 0. The van der Waals surface area contributed by atoms with E-state index in [9.17, 15) is 0 Å². The lowest BCUT2D eigenvalue weighted by Gasteiger charge is -2.13. The van der Waals surface area contributed by atoms with Crippen LogP contribution < -0.4 is 4.74 Å². The molecule has 2 aromatic rings. The highest BCUT2D eigenvalue weighted by Gasteiger charge is 2.09. The minimum absolute atomic E-state index is 0.388. The van der Waals surface area contributed by atoms with Gasteiger partial charge in [-0.1, -0.05) is 64.0 Å². The molecule has 0 bridgehead atoms. The van der Waals surface area contributed by atoms with Gasteiger partial charge in [0.1, 0.15) is 5.75 Å². The monoisotopic (exact) mass is 318 g/mol. The fourth-order valence-electron chi connectivity index (χ4n) is 2.21. The van der Waals surface area contributed by atoms with Gasteiger partial charge in [-0.3, -0.25) is 0 Å². The topological polar surface area (TPSA) is 9.23 Å². The third kappa shape index (κ3) is 3.84. The van der Waals surface area contributed by atoms with Crippen LogP contribution in [0.2, 0.25) is 0 Å². The Morgan fingerprint density at radius 1 is 1.11 bits per heavy atom. The zero-order chi connectivity index (χ0) is 13.7. The van der Waals surface area contributed by atoms with E-state index in [4.69, 9.17) is 4.74 Å². The van der Waals surface area contributed by atoms with Gasteiger partial charge in [0, 0.05) is 4.83 Å². The van der Waals surface area contributed by atoms with Gasteiger partial charge in [-0.25, -0.2) is 0 Å². The van der Waals surface area contributed by atoms with Gasteiger partial charge in [-0.15, -0.1) is 0 Å². The molecule has 0 saturated carbocycles. The summed E-state index contributed by atoms with van der Waals surface area (Å²) in [6.07, 6.45) is 2.07. The molecule has 0 aliphatic carbocycles. The molecular formula is C17H19BrO. The van der Waals surface area contributed by atoms with E-state index in [1.54, 1.807) is 7.11 Å². The molecule has 1 unspecified atom stereocenters. The summed E-state index contributed by atoms with van der Waals surface area (Å²) in [4.78, 5) is 0.388. The molecule has 0 aliphatic heterocycles. The molecule has 0 fully saturated rings. The molecule has 1 nitrogen and oxygen atoms in total. The number of aryl methyl sites for hydroxylation is 2. The Hall–Kier alpha value is -1.28. The zero-order valence-electron chi connectivity index (χ0n) is 11.4. The zero-order valence-corrected chi connectivity index (χ0v) is 13.0. The number of alkyl halides is 1. The van der Waals surface area contributed by atoms with Gasteiger partial charge in [0.2, 0.25) is 0 Å². The van der Waals surface area contributed by atoms with Crippen LogP contribution in [0.3, 0.4) is 0 Å². The van der Waals surface area contributed by atoms with E-state index in [2.05, 4.69) is 65.3 Å². The first-order chi connectivity index (χ1) is 9.20. The summed E-state index contributed by atoms with van der Waals surface area (Å²) in [6, 6.07) is 16.9. The van der Waals surface area contributed by atoms with Crippen LogP contribution >= 0.6 is 15.9 Å². The molecule has 0 saturated heterocycles. The normalized spacial score (nSPS) is 12.2. The van der Waals surface area contributed by atoms with Crippen LogP contribution in [-0.4, -0.2) is 7.11 Å². The average molecular weight is 319 g/mol. The van der Waals surface area contributed by atoms with E-state index in [1.165, 1.54) is 16.7 Å². The van der Waals surface area contributed by atoms with Crippen molar-refractivity contribution in [1.29, 1.82) is 0 Å². The summed E-state index contributed by atoms with van der Waals surface area (Å²) >= 11 is 3.77. The van der Waals surface area contributed by atoms with Crippen LogP contribution in [-0.2, 0) is 6.42 Å². The minimum atomic E-state index is 0.388. The summed E-state index contributed by atoms with van der Waals surface area (Å²) in [6.45, 7) is 2.12. The minimum Gasteiger partial charge on any atom is -0.496 e. The third-order valence-electron chi connectivity index (χ3n) is 3.26. The van der Waals surface area contributed by atoms with Crippen LogP contribution in [0.25, 0.3) is 0 Å². The first kappa shape index (κ1) is 14.1. The van der Waals surface area contributed by atoms with Gasteiger partial charge in [0.05, 0.1) is 7.11 Å². The van der Waals surface area contributed by atoms with Gasteiger partial charge in [-0.2, -0.15) is 0 Å². The summed E-state index contributed by atoms with van der Waals surface area (Å²) in [5.41, 5.74) is 3.89. The molecule has 2 rings (SSSR count). The standard InChI is InChI=1S/C17H19BrO/c1-13-8-11-17(19-2)15(12-13)9-10-16(18)14-6-4-3-5-7-14/h3-8,11-12,16H,9-10H2,1-2H3. The molecule has 0 amide bonds. The second-order valence-electron chi connectivity index (χ2n) is 4.73. The number of benzene rings is 2. The lowest BCUT2D eigenvalue weighted by atomic mass is 10.0. The molecule has 100 valence electrons. The van der Waals surface area contributed by atoms with E-state index in [-0.39, 0.29) is 0 Å². The molecule has 0 aromatic heterocycles. The quantitative estimate of drug-likeness (QED) is 0.699. The van der Waals surface area contributed by atoms with Crippen molar-refractivity contribution >= 4 is 15.9 Å². The van der Waals surface area contributed by atoms with E-state index in [1.807, 2.05) is 6.07 Å². The number of hydrogen-bond acceptors (Lipinski definition) is 1. The fourth-order valence-corrected chi connectivity index (χ4v) is 2.75. The van der Waals surface area contributed by atoms with Gasteiger partial charge in [-0.05, 0) is 37.0 Å². The molecule has 19 heavy (non-hydrogen) atoms. The number of methoxy groups -OCH3 is 1. The van der Waals surface area contributed by atoms with Crippen molar-refractivity contribution in [2.75, 3.05) is 7.11 Å². The maximum absolute atomic E-state index is 5.42. The van der Waals surface area contributed by atoms with Gasteiger partial charge in [0.15, 0.2) is 0 Å². The molecule has 0 radical (unpaired) electrons. The fraction of sp³-hybridized carbons (Fsp3) is 0.294. The maximum Gasteiger partial charge on any atom is 0.122 e. The summed E-state index contributed by atoms with van der Waals surface area (Å²) in [5.74, 6) is 0.985. The van der Waals surface area contributed by atoms with Gasteiger partial charge >= 0.3 is 0 Å². The predicted molar refractivity (Wildman–Crippen MR) is 84.2 cm³/mol. The van der Waals surface area contributed by atoms with E-state index in [0.717, 1.165) is 18.6 Å². The second-order valence-corrected chi connectivity index (χ2v) is 5.84. The molecular weight excluding hydrogens is 300 g/mol. The molecule has 0 aliphatic rings. The first-order valence-electron chi connectivity index (χ1n) is 6.53. The Balaban J connectivity index is 2.04. The highest BCUT2D eigenvalue weighted by Crippen LogP contribution is 2.30. The van der Waals surface area contributed by atoms with Crippen LogP contribution in [0.5, 0.6) is 5.75 Å². The molecule has 1 atom stereocenters.